The molecule has 0 spiro atoms. The van der Waals surface area contributed by atoms with Gasteiger partial charge in [0.2, 0.25) is 0 Å². The molecule has 0 saturated heterocycles. The Bertz CT molecular complexity index is 427. The van der Waals surface area contributed by atoms with E-state index in [1.165, 1.54) is 0 Å². The zero-order chi connectivity index (χ0) is 11.8. The summed E-state index contributed by atoms with van der Waals surface area (Å²) in [6.07, 6.45) is 1.86. The van der Waals surface area contributed by atoms with E-state index in [9.17, 15) is 4.79 Å². The maximum Gasteiger partial charge on any atom is 0.157 e. The summed E-state index contributed by atoms with van der Waals surface area (Å²) >= 11 is 5.89. The van der Waals surface area contributed by atoms with Crippen molar-refractivity contribution >= 4 is 17.4 Å². The molecular formula is C12H14ClNO2. The highest BCUT2D eigenvalue weighted by atomic mass is 35.5. The Balaban J connectivity index is 2.19. The molecule has 1 aliphatic rings. The molecule has 0 unspecified atom stereocenters. The number of halogens is 1. The molecule has 1 aliphatic carbocycles. The average Bonchev–Trinajstić information content (AvgIpc) is 2.98. The molecule has 0 radical (unpaired) electrons. The Morgan fingerprint density at radius 2 is 2.25 bits per heavy atom. The average molecular weight is 240 g/mol. The number of ketones is 1. The first-order valence-electron chi connectivity index (χ1n) is 5.20. The third-order valence-corrected chi connectivity index (χ3v) is 3.17. The van der Waals surface area contributed by atoms with Crippen molar-refractivity contribution in [3.63, 3.8) is 0 Å². The molecule has 2 N–H and O–H groups in total. The summed E-state index contributed by atoms with van der Waals surface area (Å²) < 4.78 is 5.18. The number of Topliss-reactive ketones (excluding diaryl/α,β-unsaturated/α-hetero) is 1. The van der Waals surface area contributed by atoms with Crippen LogP contribution in [0.3, 0.4) is 0 Å². The van der Waals surface area contributed by atoms with E-state index in [1.54, 1.807) is 25.3 Å². The lowest BCUT2D eigenvalue weighted by Gasteiger charge is -2.11. The van der Waals surface area contributed by atoms with Crippen LogP contribution in [0.25, 0.3) is 0 Å². The lowest BCUT2D eigenvalue weighted by atomic mass is 10.0. The molecule has 1 aromatic carbocycles. The van der Waals surface area contributed by atoms with Crippen molar-refractivity contribution in [3.05, 3.63) is 28.8 Å². The van der Waals surface area contributed by atoms with Gasteiger partial charge in [0.15, 0.2) is 5.78 Å². The Kier molecular flexibility index (Phi) is 2.91. The van der Waals surface area contributed by atoms with Crippen LogP contribution in [0.15, 0.2) is 18.2 Å². The molecule has 1 saturated carbocycles. The SMILES string of the molecule is COc1ccc(Cl)cc1CC(=O)C1(N)CC1. The summed E-state index contributed by atoms with van der Waals surface area (Å²) in [5.74, 6) is 0.745. The summed E-state index contributed by atoms with van der Waals surface area (Å²) in [7, 11) is 1.58. The standard InChI is InChI=1S/C12H14ClNO2/c1-16-10-3-2-9(13)6-8(10)7-11(15)12(14)4-5-12/h2-3,6H,4-5,7,14H2,1H3. The predicted octanol–water partition coefficient (Wildman–Crippen LogP) is 1.95. The van der Waals surface area contributed by atoms with Crippen LogP contribution in [0.5, 0.6) is 5.75 Å². The van der Waals surface area contributed by atoms with Gasteiger partial charge in [0.1, 0.15) is 5.75 Å². The van der Waals surface area contributed by atoms with Crippen LogP contribution in [-0.4, -0.2) is 18.4 Å². The Morgan fingerprint density at radius 3 is 2.81 bits per heavy atom. The Hall–Kier alpha value is -1.06. The molecule has 0 aromatic heterocycles. The predicted molar refractivity (Wildman–Crippen MR) is 62.9 cm³/mol. The monoisotopic (exact) mass is 239 g/mol. The minimum Gasteiger partial charge on any atom is -0.496 e. The van der Waals surface area contributed by atoms with E-state index in [-0.39, 0.29) is 5.78 Å². The molecular weight excluding hydrogens is 226 g/mol. The third kappa shape index (κ3) is 2.20. The maximum absolute atomic E-state index is 11.9. The number of benzene rings is 1. The zero-order valence-electron chi connectivity index (χ0n) is 9.13. The second kappa shape index (κ2) is 4.07. The van der Waals surface area contributed by atoms with E-state index in [0.717, 1.165) is 18.4 Å². The maximum atomic E-state index is 11.9. The van der Waals surface area contributed by atoms with Crippen molar-refractivity contribution in [1.82, 2.24) is 0 Å². The van der Waals surface area contributed by atoms with E-state index in [4.69, 9.17) is 22.1 Å². The number of carbonyl (C=O) groups excluding carboxylic acids is 1. The fourth-order valence-corrected chi connectivity index (χ4v) is 1.84. The molecule has 16 heavy (non-hydrogen) atoms. The smallest absolute Gasteiger partial charge is 0.157 e. The van der Waals surface area contributed by atoms with Crippen LogP contribution in [-0.2, 0) is 11.2 Å². The van der Waals surface area contributed by atoms with Gasteiger partial charge in [-0.25, -0.2) is 0 Å². The highest BCUT2D eigenvalue weighted by Gasteiger charge is 2.45. The second-order valence-corrected chi connectivity index (χ2v) is 4.65. The topological polar surface area (TPSA) is 52.3 Å². The molecule has 3 nitrogen and oxygen atoms in total. The van der Waals surface area contributed by atoms with E-state index in [1.807, 2.05) is 0 Å². The van der Waals surface area contributed by atoms with Crippen molar-refractivity contribution in [1.29, 1.82) is 0 Å². The second-order valence-electron chi connectivity index (χ2n) is 4.21. The molecule has 0 heterocycles. The van der Waals surface area contributed by atoms with Crippen molar-refractivity contribution in [2.24, 2.45) is 5.73 Å². The fraction of sp³-hybridized carbons (Fsp3) is 0.417. The number of hydrogen-bond donors (Lipinski definition) is 1. The molecule has 1 fully saturated rings. The normalized spacial score (nSPS) is 16.9. The van der Waals surface area contributed by atoms with Crippen LogP contribution in [0.2, 0.25) is 5.02 Å². The number of methoxy groups -OCH3 is 1. The summed E-state index contributed by atoms with van der Waals surface area (Å²) in [6.45, 7) is 0. The quantitative estimate of drug-likeness (QED) is 0.874. The lowest BCUT2D eigenvalue weighted by molar-refractivity contribution is -0.120. The van der Waals surface area contributed by atoms with Crippen LogP contribution >= 0.6 is 11.6 Å². The van der Waals surface area contributed by atoms with Crippen LogP contribution in [0, 0.1) is 0 Å². The highest BCUT2D eigenvalue weighted by molar-refractivity contribution is 6.30. The van der Waals surface area contributed by atoms with Gasteiger partial charge in [-0.3, -0.25) is 4.79 Å². The van der Waals surface area contributed by atoms with Gasteiger partial charge in [0.05, 0.1) is 12.6 Å². The van der Waals surface area contributed by atoms with Crippen molar-refractivity contribution < 1.29 is 9.53 Å². The molecule has 0 bridgehead atoms. The molecule has 86 valence electrons. The van der Waals surface area contributed by atoms with Crippen LogP contribution < -0.4 is 10.5 Å². The van der Waals surface area contributed by atoms with E-state index < -0.39 is 5.54 Å². The van der Waals surface area contributed by atoms with Gasteiger partial charge in [-0.05, 0) is 31.0 Å². The summed E-state index contributed by atoms with van der Waals surface area (Å²) in [5.41, 5.74) is 6.06. The van der Waals surface area contributed by atoms with Gasteiger partial charge in [0, 0.05) is 17.0 Å². The van der Waals surface area contributed by atoms with Crippen LogP contribution in [0.1, 0.15) is 18.4 Å². The van der Waals surface area contributed by atoms with Gasteiger partial charge >= 0.3 is 0 Å². The van der Waals surface area contributed by atoms with Crippen molar-refractivity contribution in [2.45, 2.75) is 24.8 Å². The van der Waals surface area contributed by atoms with E-state index in [2.05, 4.69) is 0 Å². The minimum absolute atomic E-state index is 0.0630. The zero-order valence-corrected chi connectivity index (χ0v) is 9.88. The Morgan fingerprint density at radius 1 is 1.56 bits per heavy atom. The van der Waals surface area contributed by atoms with Gasteiger partial charge in [-0.15, -0.1) is 0 Å². The number of ether oxygens (including phenoxy) is 1. The fourth-order valence-electron chi connectivity index (χ4n) is 1.65. The number of rotatable bonds is 4. The molecule has 0 amide bonds. The highest BCUT2D eigenvalue weighted by Crippen LogP contribution is 2.35. The van der Waals surface area contributed by atoms with Crippen molar-refractivity contribution in [3.8, 4) is 5.75 Å². The molecule has 4 heteroatoms. The number of hydrogen-bond acceptors (Lipinski definition) is 3. The van der Waals surface area contributed by atoms with Gasteiger partial charge in [-0.1, -0.05) is 11.6 Å². The molecule has 0 aliphatic heterocycles. The number of nitrogens with two attached hydrogens (primary N) is 1. The largest absolute Gasteiger partial charge is 0.496 e. The molecule has 0 atom stereocenters. The molecule has 1 aromatic rings. The first kappa shape index (κ1) is 11.4. The van der Waals surface area contributed by atoms with Gasteiger partial charge in [-0.2, -0.15) is 0 Å². The first-order chi connectivity index (χ1) is 7.55. The minimum atomic E-state index is -0.590. The van der Waals surface area contributed by atoms with E-state index >= 15 is 0 Å². The van der Waals surface area contributed by atoms with Crippen LogP contribution in [0.4, 0.5) is 0 Å². The van der Waals surface area contributed by atoms with Crippen molar-refractivity contribution in [2.75, 3.05) is 7.11 Å². The summed E-state index contributed by atoms with van der Waals surface area (Å²) in [6, 6.07) is 5.26. The van der Waals surface area contributed by atoms with Gasteiger partial charge < -0.3 is 10.5 Å². The Labute approximate surface area is 99.5 Å². The molecule has 2 rings (SSSR count). The summed E-state index contributed by atoms with van der Waals surface area (Å²) in [4.78, 5) is 11.9. The number of carbonyl (C=O) groups is 1. The lowest BCUT2D eigenvalue weighted by Crippen LogP contribution is -2.34. The first-order valence-corrected chi connectivity index (χ1v) is 5.57. The summed E-state index contributed by atoms with van der Waals surface area (Å²) in [5, 5.41) is 0.602. The third-order valence-electron chi connectivity index (χ3n) is 2.94. The van der Waals surface area contributed by atoms with Gasteiger partial charge in [0.25, 0.3) is 0 Å². The van der Waals surface area contributed by atoms with E-state index in [0.29, 0.717) is 17.2 Å².